The molecule has 33 heavy (non-hydrogen) atoms. The van der Waals surface area contributed by atoms with Gasteiger partial charge in [-0.1, -0.05) is 0 Å². The standard InChI is InChI=1S/C20H35N3O5.C3H8O2/c1-19(21-14-17(24)23-10-3-4-11-23)8-12-22(13-9-19)15-16-6-5-7-20(26,28-16)18(25)27-2;1-3(2,4)5/h16,21,26H,3-15H2,1-2H3;4-5H,1-2H3. The summed E-state index contributed by atoms with van der Waals surface area (Å²) in [4.78, 5) is 28.3. The lowest BCUT2D eigenvalue weighted by Gasteiger charge is -2.42. The van der Waals surface area contributed by atoms with Crippen LogP contribution in [0.2, 0.25) is 0 Å². The molecule has 0 saturated carbocycles. The van der Waals surface area contributed by atoms with Crippen LogP contribution in [0, 0.1) is 0 Å². The van der Waals surface area contributed by atoms with Crippen molar-refractivity contribution in [2.75, 3.05) is 46.4 Å². The first kappa shape index (κ1) is 27.9. The van der Waals surface area contributed by atoms with E-state index in [1.807, 2.05) is 4.90 Å². The summed E-state index contributed by atoms with van der Waals surface area (Å²) in [5.41, 5.74) is -0.0357. The normalized spacial score (nSPS) is 28.1. The first-order valence-electron chi connectivity index (χ1n) is 12.0. The fourth-order valence-corrected chi connectivity index (χ4v) is 4.46. The number of nitrogens with one attached hydrogen (secondary N) is 1. The number of hydrogen-bond donors (Lipinski definition) is 4. The molecule has 3 fully saturated rings. The van der Waals surface area contributed by atoms with Crippen molar-refractivity contribution in [3.8, 4) is 0 Å². The number of esters is 1. The van der Waals surface area contributed by atoms with Gasteiger partial charge in [0.15, 0.2) is 5.79 Å². The van der Waals surface area contributed by atoms with Crippen molar-refractivity contribution in [2.45, 2.75) is 88.9 Å². The first-order valence-corrected chi connectivity index (χ1v) is 12.0. The zero-order chi connectivity index (χ0) is 24.7. The highest BCUT2D eigenvalue weighted by Gasteiger charge is 2.44. The predicted octanol–water partition coefficient (Wildman–Crippen LogP) is 0.191. The van der Waals surface area contributed by atoms with Crippen LogP contribution in [0.15, 0.2) is 0 Å². The molecule has 3 saturated heterocycles. The van der Waals surface area contributed by atoms with Crippen LogP contribution in [0.4, 0.5) is 0 Å². The van der Waals surface area contributed by atoms with Gasteiger partial charge in [0.05, 0.1) is 19.8 Å². The van der Waals surface area contributed by atoms with Gasteiger partial charge in [0.2, 0.25) is 5.91 Å². The lowest BCUT2D eigenvalue weighted by atomic mass is 9.89. The minimum absolute atomic E-state index is 0.0357. The van der Waals surface area contributed by atoms with Gasteiger partial charge in [-0.05, 0) is 72.4 Å². The minimum Gasteiger partial charge on any atom is -0.465 e. The maximum absolute atomic E-state index is 12.3. The monoisotopic (exact) mass is 473 g/mol. The zero-order valence-corrected chi connectivity index (χ0v) is 20.6. The van der Waals surface area contributed by atoms with Crippen molar-refractivity contribution >= 4 is 11.9 Å². The van der Waals surface area contributed by atoms with E-state index in [1.54, 1.807) is 0 Å². The van der Waals surface area contributed by atoms with Gasteiger partial charge >= 0.3 is 5.97 Å². The van der Waals surface area contributed by atoms with Crippen LogP contribution in [0.25, 0.3) is 0 Å². The molecule has 10 heteroatoms. The number of hydrogen-bond acceptors (Lipinski definition) is 9. The first-order chi connectivity index (χ1) is 15.3. The molecule has 2 atom stereocenters. The summed E-state index contributed by atoms with van der Waals surface area (Å²) < 4.78 is 10.4. The smallest absolute Gasteiger partial charge is 0.366 e. The van der Waals surface area contributed by atoms with Crippen molar-refractivity contribution in [3.05, 3.63) is 0 Å². The van der Waals surface area contributed by atoms with Crippen LogP contribution in [-0.4, -0.2) is 107 Å². The quantitative estimate of drug-likeness (QED) is 0.315. The Morgan fingerprint density at radius 3 is 2.21 bits per heavy atom. The number of aliphatic hydroxyl groups is 3. The fourth-order valence-electron chi connectivity index (χ4n) is 4.46. The molecular weight excluding hydrogens is 430 g/mol. The second kappa shape index (κ2) is 11.9. The Kier molecular flexibility index (Phi) is 10.1. The Labute approximate surface area is 197 Å². The third-order valence-electron chi connectivity index (χ3n) is 6.45. The van der Waals surface area contributed by atoms with Crippen molar-refractivity contribution in [1.29, 1.82) is 0 Å². The van der Waals surface area contributed by atoms with E-state index in [0.29, 0.717) is 13.1 Å². The molecule has 0 bridgehead atoms. The second-order valence-corrected chi connectivity index (χ2v) is 10.2. The van der Waals surface area contributed by atoms with Crippen molar-refractivity contribution < 1.29 is 34.4 Å². The Hall–Kier alpha value is -1.30. The highest BCUT2D eigenvalue weighted by molar-refractivity contribution is 5.78. The van der Waals surface area contributed by atoms with Gasteiger partial charge < -0.3 is 39.9 Å². The van der Waals surface area contributed by atoms with Crippen LogP contribution < -0.4 is 5.32 Å². The van der Waals surface area contributed by atoms with E-state index < -0.39 is 17.5 Å². The summed E-state index contributed by atoms with van der Waals surface area (Å²) in [5.74, 6) is -3.81. The number of rotatable bonds is 6. The molecule has 3 heterocycles. The van der Waals surface area contributed by atoms with Crippen LogP contribution in [-0.2, 0) is 19.1 Å². The van der Waals surface area contributed by atoms with Crippen LogP contribution in [0.3, 0.4) is 0 Å². The SMILES string of the molecule is CC(C)(O)O.COC(=O)C1(O)CCCC(CN2CCC(C)(NCC(=O)N3CCCC3)CC2)O1. The number of likely N-dealkylation sites (tertiary alicyclic amines) is 2. The number of carbonyl (C=O) groups excluding carboxylic acids is 2. The van der Waals surface area contributed by atoms with Gasteiger partial charge in [0, 0.05) is 31.6 Å². The number of piperidine rings is 1. The Morgan fingerprint density at radius 1 is 1.09 bits per heavy atom. The maximum atomic E-state index is 12.3. The lowest BCUT2D eigenvalue weighted by Crippen LogP contribution is -2.56. The van der Waals surface area contributed by atoms with Crippen LogP contribution in [0.1, 0.15) is 65.7 Å². The van der Waals surface area contributed by atoms with Gasteiger partial charge in [-0.2, -0.15) is 0 Å². The molecule has 2 unspecified atom stereocenters. The summed E-state index contributed by atoms with van der Waals surface area (Å²) in [5, 5.41) is 30.0. The van der Waals surface area contributed by atoms with Crippen molar-refractivity contribution in [3.63, 3.8) is 0 Å². The van der Waals surface area contributed by atoms with E-state index in [1.165, 1.54) is 21.0 Å². The van der Waals surface area contributed by atoms with Crippen LogP contribution >= 0.6 is 0 Å². The number of methoxy groups -OCH3 is 1. The fraction of sp³-hybridized carbons (Fsp3) is 0.913. The summed E-state index contributed by atoms with van der Waals surface area (Å²) in [7, 11) is 1.26. The topological polar surface area (TPSA) is 132 Å². The van der Waals surface area contributed by atoms with Gasteiger partial charge in [0.1, 0.15) is 0 Å². The van der Waals surface area contributed by atoms with Crippen LogP contribution in [0.5, 0.6) is 0 Å². The van der Waals surface area contributed by atoms with Crippen molar-refractivity contribution in [2.24, 2.45) is 0 Å². The van der Waals surface area contributed by atoms with Gasteiger partial charge in [-0.15, -0.1) is 0 Å². The molecule has 0 aliphatic carbocycles. The molecule has 0 aromatic carbocycles. The van der Waals surface area contributed by atoms with E-state index in [9.17, 15) is 14.7 Å². The average molecular weight is 474 g/mol. The number of ether oxygens (including phenoxy) is 2. The molecule has 3 aliphatic heterocycles. The van der Waals surface area contributed by atoms with E-state index in [2.05, 4.69) is 21.9 Å². The summed E-state index contributed by atoms with van der Waals surface area (Å²) in [6, 6.07) is 0. The van der Waals surface area contributed by atoms with E-state index in [4.69, 9.17) is 14.9 Å². The largest absolute Gasteiger partial charge is 0.465 e. The lowest BCUT2D eigenvalue weighted by molar-refractivity contribution is -0.259. The van der Waals surface area contributed by atoms with E-state index >= 15 is 0 Å². The molecule has 192 valence electrons. The Bertz CT molecular complexity index is 634. The Morgan fingerprint density at radius 2 is 1.67 bits per heavy atom. The summed E-state index contributed by atoms with van der Waals surface area (Å²) in [6.07, 6.45) is 5.81. The predicted molar refractivity (Wildman–Crippen MR) is 122 cm³/mol. The average Bonchev–Trinajstić information content (AvgIpc) is 3.27. The second-order valence-electron chi connectivity index (χ2n) is 10.2. The van der Waals surface area contributed by atoms with E-state index in [-0.39, 0.29) is 24.0 Å². The maximum Gasteiger partial charge on any atom is 0.366 e. The molecule has 1 amide bonds. The number of amides is 1. The molecule has 4 N–H and O–H groups in total. The highest BCUT2D eigenvalue weighted by Crippen LogP contribution is 2.29. The molecule has 3 aliphatic rings. The molecule has 3 rings (SSSR count). The minimum atomic E-state index is -1.81. The summed E-state index contributed by atoms with van der Waals surface area (Å²) >= 11 is 0. The van der Waals surface area contributed by atoms with Gasteiger partial charge in [-0.25, -0.2) is 4.79 Å². The highest BCUT2D eigenvalue weighted by atomic mass is 16.7. The summed E-state index contributed by atoms with van der Waals surface area (Å²) in [6.45, 7) is 9.48. The Balaban J connectivity index is 0.000000696. The molecule has 0 radical (unpaired) electrons. The number of nitrogens with zero attached hydrogens (tertiary/aromatic N) is 2. The zero-order valence-electron chi connectivity index (χ0n) is 20.6. The molecular formula is C23H43N3O7. The van der Waals surface area contributed by atoms with Gasteiger partial charge in [0.25, 0.3) is 5.79 Å². The third kappa shape index (κ3) is 9.46. The van der Waals surface area contributed by atoms with E-state index in [0.717, 1.165) is 64.7 Å². The molecule has 0 spiro atoms. The van der Waals surface area contributed by atoms with Gasteiger partial charge in [-0.3, -0.25) is 4.79 Å². The molecule has 0 aromatic rings. The van der Waals surface area contributed by atoms with Crippen molar-refractivity contribution in [1.82, 2.24) is 15.1 Å². The third-order valence-corrected chi connectivity index (χ3v) is 6.45. The number of carbonyl (C=O) groups is 2. The molecule has 0 aromatic heterocycles. The molecule has 10 nitrogen and oxygen atoms in total.